The Labute approximate surface area is 108 Å². The van der Waals surface area contributed by atoms with Crippen LogP contribution in [0.15, 0.2) is 0 Å². The van der Waals surface area contributed by atoms with E-state index in [4.69, 9.17) is 4.98 Å². The van der Waals surface area contributed by atoms with E-state index in [1.54, 1.807) is 0 Å². The number of nitrogens with one attached hydrogen (secondary N) is 1. The number of aryl methyl sites for hydroxylation is 1. The monoisotopic (exact) mass is 253 g/mol. The van der Waals surface area contributed by atoms with Gasteiger partial charge in [-0.2, -0.15) is 0 Å². The molecule has 1 aromatic heterocycles. The topological polar surface area (TPSA) is 28.2 Å². The summed E-state index contributed by atoms with van der Waals surface area (Å²) in [6, 6.07) is 0. The maximum absolute atomic E-state index is 4.73. The molecule has 0 saturated carbocycles. The van der Waals surface area contributed by atoms with Crippen molar-refractivity contribution in [3.8, 4) is 0 Å². The molecular weight excluding hydrogens is 230 g/mol. The van der Waals surface area contributed by atoms with Crippen molar-refractivity contribution >= 4 is 16.5 Å². The Balaban J connectivity index is 2.05. The number of rotatable bonds is 4. The van der Waals surface area contributed by atoms with E-state index < -0.39 is 0 Å². The average molecular weight is 253 g/mol. The van der Waals surface area contributed by atoms with Gasteiger partial charge in [0.1, 0.15) is 0 Å². The average Bonchev–Trinajstić information content (AvgIpc) is 2.68. The van der Waals surface area contributed by atoms with E-state index in [1.165, 1.54) is 41.6 Å². The summed E-state index contributed by atoms with van der Waals surface area (Å²) in [5.74, 6) is 0.810. The van der Waals surface area contributed by atoms with Gasteiger partial charge < -0.3 is 10.2 Å². The summed E-state index contributed by atoms with van der Waals surface area (Å²) >= 11 is 1.86. The van der Waals surface area contributed by atoms with Crippen LogP contribution in [0.2, 0.25) is 0 Å². The molecule has 17 heavy (non-hydrogen) atoms. The molecule has 0 aliphatic carbocycles. The van der Waals surface area contributed by atoms with E-state index in [9.17, 15) is 0 Å². The number of thiazole rings is 1. The molecule has 1 saturated heterocycles. The smallest absolute Gasteiger partial charge is 0.185 e. The Kier molecular flexibility index (Phi) is 4.40. The number of aromatic nitrogens is 1. The third-order valence-electron chi connectivity index (χ3n) is 3.34. The highest BCUT2D eigenvalue weighted by Crippen LogP contribution is 2.29. The molecule has 0 radical (unpaired) electrons. The maximum Gasteiger partial charge on any atom is 0.185 e. The van der Waals surface area contributed by atoms with Crippen molar-refractivity contribution in [2.75, 3.05) is 24.5 Å². The van der Waals surface area contributed by atoms with Crippen LogP contribution >= 0.6 is 11.3 Å². The molecule has 3 nitrogen and oxygen atoms in total. The van der Waals surface area contributed by atoms with E-state index in [2.05, 4.69) is 31.0 Å². The zero-order valence-electron chi connectivity index (χ0n) is 11.1. The summed E-state index contributed by atoms with van der Waals surface area (Å²) in [4.78, 5) is 8.57. The van der Waals surface area contributed by atoms with Gasteiger partial charge in [0.25, 0.3) is 0 Å². The first kappa shape index (κ1) is 12.8. The summed E-state index contributed by atoms with van der Waals surface area (Å²) in [7, 11) is 0. The number of piperidine rings is 1. The lowest BCUT2D eigenvalue weighted by Crippen LogP contribution is -2.34. The highest BCUT2D eigenvalue weighted by atomic mass is 32.1. The minimum absolute atomic E-state index is 0.810. The van der Waals surface area contributed by atoms with Gasteiger partial charge >= 0.3 is 0 Å². The molecular formula is C13H23N3S. The minimum Gasteiger partial charge on any atom is -0.348 e. The molecule has 2 heterocycles. The van der Waals surface area contributed by atoms with Crippen LogP contribution in [0.25, 0.3) is 0 Å². The van der Waals surface area contributed by atoms with Crippen LogP contribution < -0.4 is 10.2 Å². The Morgan fingerprint density at radius 3 is 3.06 bits per heavy atom. The van der Waals surface area contributed by atoms with Crippen LogP contribution in [0, 0.1) is 12.8 Å². The van der Waals surface area contributed by atoms with Gasteiger partial charge in [-0.1, -0.05) is 13.8 Å². The summed E-state index contributed by atoms with van der Waals surface area (Å²) in [6.45, 7) is 10.9. The first-order chi connectivity index (χ1) is 8.20. The molecule has 1 unspecified atom stereocenters. The van der Waals surface area contributed by atoms with Crippen molar-refractivity contribution < 1.29 is 0 Å². The summed E-state index contributed by atoms with van der Waals surface area (Å²) in [6.07, 6.45) is 2.67. The van der Waals surface area contributed by atoms with E-state index >= 15 is 0 Å². The zero-order valence-corrected chi connectivity index (χ0v) is 11.9. The maximum atomic E-state index is 4.73. The molecule has 1 N–H and O–H groups in total. The molecule has 1 aliphatic heterocycles. The predicted octanol–water partition coefficient (Wildman–Crippen LogP) is 2.80. The second-order valence-corrected chi connectivity index (χ2v) is 6.04. The van der Waals surface area contributed by atoms with Crippen molar-refractivity contribution in [1.29, 1.82) is 0 Å². The van der Waals surface area contributed by atoms with Crippen molar-refractivity contribution in [3.05, 3.63) is 10.6 Å². The normalized spacial score (nSPS) is 20.9. The third-order valence-corrected chi connectivity index (χ3v) is 4.56. The van der Waals surface area contributed by atoms with E-state index in [-0.39, 0.29) is 0 Å². The van der Waals surface area contributed by atoms with Crippen LogP contribution in [-0.4, -0.2) is 24.6 Å². The van der Waals surface area contributed by atoms with Crippen LogP contribution in [0.1, 0.15) is 37.3 Å². The van der Waals surface area contributed by atoms with Gasteiger partial charge in [-0.05, 0) is 32.2 Å². The van der Waals surface area contributed by atoms with Crippen molar-refractivity contribution in [2.24, 2.45) is 5.92 Å². The Bertz CT molecular complexity index is 362. The highest BCUT2D eigenvalue weighted by molar-refractivity contribution is 7.15. The lowest BCUT2D eigenvalue weighted by Gasteiger charge is -2.30. The third kappa shape index (κ3) is 3.19. The SMILES string of the molecule is CCNCc1sc(N2CCCC(C)C2)nc1C. The Morgan fingerprint density at radius 2 is 2.35 bits per heavy atom. The molecule has 1 fully saturated rings. The Morgan fingerprint density at radius 1 is 1.53 bits per heavy atom. The molecule has 2 rings (SSSR count). The molecule has 1 aliphatic rings. The standard InChI is InChI=1S/C13H23N3S/c1-4-14-8-12-11(3)15-13(17-12)16-7-5-6-10(2)9-16/h10,14H,4-9H2,1-3H3. The summed E-state index contributed by atoms with van der Waals surface area (Å²) in [5, 5.41) is 4.61. The molecule has 1 atom stereocenters. The first-order valence-corrected chi connectivity index (χ1v) is 7.44. The van der Waals surface area contributed by atoms with E-state index in [1.807, 2.05) is 11.3 Å². The van der Waals surface area contributed by atoms with Crippen LogP contribution in [0.4, 0.5) is 5.13 Å². The fourth-order valence-corrected chi connectivity index (χ4v) is 3.38. The van der Waals surface area contributed by atoms with Crippen LogP contribution in [0.3, 0.4) is 0 Å². The van der Waals surface area contributed by atoms with E-state index in [0.717, 1.165) is 19.0 Å². The van der Waals surface area contributed by atoms with Crippen molar-refractivity contribution in [2.45, 2.75) is 40.2 Å². The predicted molar refractivity (Wildman–Crippen MR) is 74.8 cm³/mol. The lowest BCUT2D eigenvalue weighted by atomic mass is 10.0. The molecule has 0 bridgehead atoms. The zero-order chi connectivity index (χ0) is 12.3. The van der Waals surface area contributed by atoms with Crippen molar-refractivity contribution in [1.82, 2.24) is 10.3 Å². The molecule has 0 aromatic carbocycles. The fourth-order valence-electron chi connectivity index (χ4n) is 2.31. The van der Waals surface area contributed by atoms with Crippen molar-refractivity contribution in [3.63, 3.8) is 0 Å². The number of nitrogens with zero attached hydrogens (tertiary/aromatic N) is 2. The molecule has 0 spiro atoms. The lowest BCUT2D eigenvalue weighted by molar-refractivity contribution is 0.446. The number of anilines is 1. The van der Waals surface area contributed by atoms with Gasteiger partial charge in [0.15, 0.2) is 5.13 Å². The van der Waals surface area contributed by atoms with Gasteiger partial charge in [0.2, 0.25) is 0 Å². The van der Waals surface area contributed by atoms with Crippen LogP contribution in [-0.2, 0) is 6.54 Å². The van der Waals surface area contributed by atoms with Gasteiger partial charge in [-0.15, -0.1) is 11.3 Å². The van der Waals surface area contributed by atoms with Crippen LogP contribution in [0.5, 0.6) is 0 Å². The van der Waals surface area contributed by atoms with Gasteiger partial charge in [-0.3, -0.25) is 0 Å². The van der Waals surface area contributed by atoms with E-state index in [0.29, 0.717) is 0 Å². The largest absolute Gasteiger partial charge is 0.348 e. The summed E-state index contributed by atoms with van der Waals surface area (Å²) < 4.78 is 0. The minimum atomic E-state index is 0.810. The first-order valence-electron chi connectivity index (χ1n) is 6.62. The second kappa shape index (κ2) is 5.83. The molecule has 0 amide bonds. The quantitative estimate of drug-likeness (QED) is 0.894. The number of hydrogen-bond donors (Lipinski definition) is 1. The van der Waals surface area contributed by atoms with Gasteiger partial charge in [-0.25, -0.2) is 4.98 Å². The van der Waals surface area contributed by atoms with Gasteiger partial charge in [0.05, 0.1) is 5.69 Å². The molecule has 4 heteroatoms. The summed E-state index contributed by atoms with van der Waals surface area (Å²) in [5.41, 5.74) is 1.20. The second-order valence-electron chi connectivity index (χ2n) is 4.98. The van der Waals surface area contributed by atoms with Gasteiger partial charge in [0, 0.05) is 24.5 Å². The molecule has 1 aromatic rings. The number of hydrogen-bond acceptors (Lipinski definition) is 4. The fraction of sp³-hybridized carbons (Fsp3) is 0.769. The molecule has 96 valence electrons. The Hall–Kier alpha value is -0.610. The highest BCUT2D eigenvalue weighted by Gasteiger charge is 2.20.